The fourth-order valence-electron chi connectivity index (χ4n) is 1.00. The molecule has 0 amide bonds. The number of halogens is 2. The molecule has 0 bridgehead atoms. The lowest BCUT2D eigenvalue weighted by Gasteiger charge is -2.01. The summed E-state index contributed by atoms with van der Waals surface area (Å²) < 4.78 is 0. The van der Waals surface area contributed by atoms with Crippen molar-refractivity contribution in [3.05, 3.63) is 39.4 Å². The minimum atomic E-state index is -1.11. The summed E-state index contributed by atoms with van der Waals surface area (Å²) in [5.41, 5.74) is 0.593. The van der Waals surface area contributed by atoms with Crippen LogP contribution in [0.25, 0.3) is 6.08 Å². The van der Waals surface area contributed by atoms with Crippen molar-refractivity contribution in [3.8, 4) is 6.07 Å². The number of hydrogen-bond donors (Lipinski definition) is 1. The Morgan fingerprint density at radius 1 is 1.47 bits per heavy atom. The van der Waals surface area contributed by atoms with E-state index in [9.17, 15) is 4.79 Å². The molecule has 3 nitrogen and oxygen atoms in total. The number of benzene rings is 1. The minimum absolute atomic E-state index is 0.241. The van der Waals surface area contributed by atoms with E-state index >= 15 is 0 Å². The molecule has 0 aliphatic carbocycles. The van der Waals surface area contributed by atoms with Crippen LogP contribution in [0.4, 0.5) is 0 Å². The van der Waals surface area contributed by atoms with Crippen LogP contribution in [0.1, 0.15) is 11.1 Å². The van der Waals surface area contributed by atoms with Gasteiger partial charge in [-0.1, -0.05) is 23.2 Å². The molecule has 76 valence electrons. The zero-order valence-corrected chi connectivity index (χ0v) is 8.88. The van der Waals surface area contributed by atoms with Crippen molar-refractivity contribution in [2.75, 3.05) is 0 Å². The average Bonchev–Trinajstić information content (AvgIpc) is 2.14. The van der Waals surface area contributed by atoms with Crippen LogP contribution in [0.5, 0.6) is 0 Å². The lowest BCUT2D eigenvalue weighted by atomic mass is 10.1. The van der Waals surface area contributed by atoms with Gasteiger partial charge in [0, 0.05) is 16.7 Å². The monoisotopic (exact) mass is 241 g/mol. The van der Waals surface area contributed by atoms with Gasteiger partial charge in [-0.15, -0.1) is 0 Å². The normalized spacial score (nSPS) is 10.2. The summed E-state index contributed by atoms with van der Waals surface area (Å²) in [6.07, 6.45) is 2.18. The number of carboxylic acids is 1. The highest BCUT2D eigenvalue weighted by atomic mass is 35.5. The van der Waals surface area contributed by atoms with Crippen molar-refractivity contribution >= 4 is 35.2 Å². The molecular formula is C10H5Cl2NO2. The zero-order valence-electron chi connectivity index (χ0n) is 7.37. The highest BCUT2D eigenvalue weighted by Crippen LogP contribution is 2.26. The zero-order chi connectivity index (χ0) is 11.4. The van der Waals surface area contributed by atoms with Gasteiger partial charge in [0.25, 0.3) is 0 Å². The van der Waals surface area contributed by atoms with Crippen LogP contribution >= 0.6 is 23.2 Å². The molecule has 0 fully saturated rings. The smallest absolute Gasteiger partial charge is 0.328 e. The van der Waals surface area contributed by atoms with E-state index in [2.05, 4.69) is 0 Å². The second-order valence-corrected chi connectivity index (χ2v) is 3.48. The quantitative estimate of drug-likeness (QED) is 0.811. The Bertz CT molecular complexity index is 475. The third-order valence-corrected chi connectivity index (χ3v) is 2.14. The molecule has 1 aromatic carbocycles. The Labute approximate surface area is 96.2 Å². The summed E-state index contributed by atoms with van der Waals surface area (Å²) in [4.78, 5) is 10.3. The Morgan fingerprint density at radius 2 is 2.13 bits per heavy atom. The van der Waals surface area contributed by atoms with Gasteiger partial charge < -0.3 is 5.11 Å². The number of carboxylic acid groups (broad SMARTS) is 1. The lowest BCUT2D eigenvalue weighted by Crippen LogP contribution is -1.89. The van der Waals surface area contributed by atoms with E-state index in [0.29, 0.717) is 10.6 Å². The van der Waals surface area contributed by atoms with Gasteiger partial charge in [-0.2, -0.15) is 5.26 Å². The minimum Gasteiger partial charge on any atom is -0.478 e. The number of nitrogens with zero attached hydrogens (tertiary/aromatic N) is 1. The molecule has 0 radical (unpaired) electrons. The molecule has 5 heteroatoms. The molecule has 0 saturated heterocycles. The fourth-order valence-corrected chi connectivity index (χ4v) is 1.56. The number of hydrogen-bond acceptors (Lipinski definition) is 2. The Hall–Kier alpha value is -1.50. The lowest BCUT2D eigenvalue weighted by molar-refractivity contribution is -0.131. The SMILES string of the molecule is N#Cc1cc(Cl)cc(Cl)c1/C=C/C(=O)O. The van der Waals surface area contributed by atoms with E-state index < -0.39 is 5.97 Å². The standard InChI is InChI=1S/C10H5Cl2NO2/c11-7-3-6(5-13)8(9(12)4-7)1-2-10(14)15/h1-4H,(H,14,15)/b2-1+. The molecule has 0 heterocycles. The maximum absolute atomic E-state index is 10.3. The van der Waals surface area contributed by atoms with Crippen LogP contribution in [-0.2, 0) is 4.79 Å². The van der Waals surface area contributed by atoms with Crippen LogP contribution in [0.3, 0.4) is 0 Å². The Morgan fingerprint density at radius 3 is 2.67 bits per heavy atom. The van der Waals surface area contributed by atoms with Gasteiger partial charge in [-0.25, -0.2) is 4.79 Å². The van der Waals surface area contributed by atoms with Gasteiger partial charge >= 0.3 is 5.97 Å². The molecular weight excluding hydrogens is 237 g/mol. The van der Waals surface area contributed by atoms with Crippen molar-refractivity contribution in [2.45, 2.75) is 0 Å². The first-order valence-corrected chi connectivity index (χ1v) is 4.60. The second kappa shape index (κ2) is 4.83. The predicted molar refractivity (Wildman–Crippen MR) is 57.8 cm³/mol. The summed E-state index contributed by atoms with van der Waals surface area (Å²) in [6.45, 7) is 0. The molecule has 0 atom stereocenters. The molecule has 15 heavy (non-hydrogen) atoms. The van der Waals surface area contributed by atoms with Gasteiger partial charge in [0.05, 0.1) is 16.7 Å². The Balaban J connectivity index is 3.28. The van der Waals surface area contributed by atoms with E-state index in [0.717, 1.165) is 6.08 Å². The van der Waals surface area contributed by atoms with Gasteiger partial charge in [0.15, 0.2) is 0 Å². The molecule has 0 aromatic heterocycles. The predicted octanol–water partition coefficient (Wildman–Crippen LogP) is 2.96. The number of rotatable bonds is 2. The van der Waals surface area contributed by atoms with Gasteiger partial charge in [-0.3, -0.25) is 0 Å². The summed E-state index contributed by atoms with van der Waals surface area (Å²) in [5, 5.41) is 17.8. The molecule has 0 aliphatic rings. The average molecular weight is 242 g/mol. The molecule has 0 unspecified atom stereocenters. The summed E-state index contributed by atoms with van der Waals surface area (Å²) in [7, 11) is 0. The van der Waals surface area contributed by atoms with Gasteiger partial charge in [0.1, 0.15) is 0 Å². The summed E-state index contributed by atoms with van der Waals surface area (Å²) in [5.74, 6) is -1.11. The van der Waals surface area contributed by atoms with Crippen LogP contribution in [0.2, 0.25) is 10.0 Å². The summed E-state index contributed by atoms with van der Waals surface area (Å²) in [6, 6.07) is 4.76. The van der Waals surface area contributed by atoms with Crippen molar-refractivity contribution in [1.29, 1.82) is 5.26 Å². The third-order valence-electron chi connectivity index (χ3n) is 1.61. The number of carbonyl (C=O) groups is 1. The highest BCUT2D eigenvalue weighted by Gasteiger charge is 2.06. The fraction of sp³-hybridized carbons (Fsp3) is 0. The first-order valence-electron chi connectivity index (χ1n) is 3.84. The second-order valence-electron chi connectivity index (χ2n) is 2.63. The van der Waals surface area contributed by atoms with E-state index in [1.165, 1.54) is 18.2 Å². The van der Waals surface area contributed by atoms with Crippen LogP contribution in [0.15, 0.2) is 18.2 Å². The largest absolute Gasteiger partial charge is 0.478 e. The topological polar surface area (TPSA) is 61.1 Å². The molecule has 0 spiro atoms. The van der Waals surface area contributed by atoms with Crippen LogP contribution in [0, 0.1) is 11.3 Å². The summed E-state index contributed by atoms with van der Waals surface area (Å²) >= 11 is 11.5. The first kappa shape index (κ1) is 11.6. The van der Waals surface area contributed by atoms with Gasteiger partial charge in [0.2, 0.25) is 0 Å². The highest BCUT2D eigenvalue weighted by molar-refractivity contribution is 6.35. The van der Waals surface area contributed by atoms with Crippen molar-refractivity contribution in [1.82, 2.24) is 0 Å². The number of nitriles is 1. The maximum Gasteiger partial charge on any atom is 0.328 e. The van der Waals surface area contributed by atoms with E-state index in [1.54, 1.807) is 0 Å². The van der Waals surface area contributed by atoms with E-state index in [-0.39, 0.29) is 10.6 Å². The maximum atomic E-state index is 10.3. The van der Waals surface area contributed by atoms with Gasteiger partial charge in [-0.05, 0) is 18.2 Å². The van der Waals surface area contributed by atoms with Crippen molar-refractivity contribution in [2.24, 2.45) is 0 Å². The van der Waals surface area contributed by atoms with E-state index in [1.807, 2.05) is 6.07 Å². The molecule has 1 N–H and O–H groups in total. The van der Waals surface area contributed by atoms with E-state index in [4.69, 9.17) is 33.6 Å². The molecule has 1 aromatic rings. The van der Waals surface area contributed by atoms with Crippen LogP contribution < -0.4 is 0 Å². The van der Waals surface area contributed by atoms with Crippen molar-refractivity contribution in [3.63, 3.8) is 0 Å². The number of aliphatic carboxylic acids is 1. The molecule has 1 rings (SSSR count). The molecule has 0 saturated carbocycles. The molecule has 0 aliphatic heterocycles. The van der Waals surface area contributed by atoms with Crippen LogP contribution in [-0.4, -0.2) is 11.1 Å². The first-order chi connectivity index (χ1) is 7.04. The van der Waals surface area contributed by atoms with Crippen molar-refractivity contribution < 1.29 is 9.90 Å². The third kappa shape index (κ3) is 2.98. The Kier molecular flexibility index (Phi) is 3.73.